The van der Waals surface area contributed by atoms with Crippen molar-refractivity contribution in [1.82, 2.24) is 10.2 Å². The first-order valence-electron chi connectivity index (χ1n) is 7.91. The number of nitrogens with zero attached hydrogens (tertiary/aromatic N) is 1. The second-order valence-corrected chi connectivity index (χ2v) is 8.36. The first-order valence-corrected chi connectivity index (χ1v) is 10.2. The molecule has 0 aliphatic rings. The zero-order chi connectivity index (χ0) is 18.0. The molecular weight excluding hydrogens is 366 g/mol. The molecule has 26 heavy (non-hydrogen) atoms. The van der Waals surface area contributed by atoms with E-state index in [2.05, 4.69) is 14.9 Å². The zero-order valence-electron chi connectivity index (χ0n) is 13.6. The lowest BCUT2D eigenvalue weighted by Gasteiger charge is -2.04. The van der Waals surface area contributed by atoms with Crippen LogP contribution in [0.1, 0.15) is 11.3 Å². The van der Waals surface area contributed by atoms with Gasteiger partial charge in [-0.1, -0.05) is 65.9 Å². The number of aromatic nitrogens is 2. The number of benzene rings is 2. The first kappa shape index (κ1) is 16.6. The molecular formula is C19H15N3O2S2. The van der Waals surface area contributed by atoms with Crippen LogP contribution in [0.5, 0.6) is 0 Å². The van der Waals surface area contributed by atoms with Crippen LogP contribution in [0.2, 0.25) is 0 Å². The average molecular weight is 381 g/mol. The van der Waals surface area contributed by atoms with Crippen molar-refractivity contribution in [1.29, 1.82) is 0 Å². The molecule has 4 aromatic rings. The molecule has 0 aliphatic heterocycles. The number of aromatic amines is 1. The molecule has 0 radical (unpaired) electrons. The van der Waals surface area contributed by atoms with Crippen LogP contribution < -0.4 is 4.72 Å². The molecule has 2 heterocycles. The lowest BCUT2D eigenvalue weighted by Crippen LogP contribution is -2.11. The lowest BCUT2D eigenvalue weighted by molar-refractivity contribution is 0.601. The van der Waals surface area contributed by atoms with Gasteiger partial charge in [-0.25, -0.2) is 8.42 Å². The Labute approximate surface area is 155 Å². The molecule has 2 N–H and O–H groups in total. The standard InChI is InChI=1S/C19H15N3O2S2/c23-26(24,15-9-5-2-6-10-15)22-18-13-16-17(20-21-19(16)25-18)12-11-14-7-3-1-4-8-14/h1-13,22H,(H,20,21). The fraction of sp³-hybridized carbons (Fsp3) is 0. The van der Waals surface area contributed by atoms with Gasteiger partial charge in [0, 0.05) is 5.39 Å². The smallest absolute Gasteiger partial charge is 0.262 e. The number of rotatable bonds is 5. The lowest BCUT2D eigenvalue weighted by atomic mass is 10.2. The number of anilines is 1. The minimum absolute atomic E-state index is 0.236. The number of hydrogen-bond acceptors (Lipinski definition) is 4. The van der Waals surface area contributed by atoms with Gasteiger partial charge in [-0.2, -0.15) is 5.10 Å². The van der Waals surface area contributed by atoms with Crippen LogP contribution in [-0.4, -0.2) is 18.6 Å². The zero-order valence-corrected chi connectivity index (χ0v) is 15.2. The highest BCUT2D eigenvalue weighted by molar-refractivity contribution is 7.93. The molecule has 0 saturated carbocycles. The predicted octanol–water partition coefficient (Wildman–Crippen LogP) is 4.60. The van der Waals surface area contributed by atoms with Gasteiger partial charge in [0.1, 0.15) is 9.83 Å². The number of fused-ring (bicyclic) bond motifs is 1. The molecule has 0 bridgehead atoms. The van der Waals surface area contributed by atoms with Crippen molar-refractivity contribution in [2.75, 3.05) is 4.72 Å². The monoisotopic (exact) mass is 381 g/mol. The summed E-state index contributed by atoms with van der Waals surface area (Å²) in [4.78, 5) is 1.06. The number of thiophene rings is 1. The maximum Gasteiger partial charge on any atom is 0.262 e. The third-order valence-electron chi connectivity index (χ3n) is 3.81. The molecule has 0 atom stereocenters. The Morgan fingerprint density at radius 3 is 2.38 bits per heavy atom. The maximum atomic E-state index is 12.5. The Hall–Kier alpha value is -2.90. The van der Waals surface area contributed by atoms with Gasteiger partial charge in [-0.15, -0.1) is 0 Å². The summed E-state index contributed by atoms with van der Waals surface area (Å²) in [6, 6.07) is 20.0. The molecule has 0 unspecified atom stereocenters. The Kier molecular flexibility index (Phi) is 4.32. The number of nitrogens with one attached hydrogen (secondary N) is 2. The minimum Gasteiger partial charge on any atom is -0.270 e. The number of sulfonamides is 1. The highest BCUT2D eigenvalue weighted by atomic mass is 32.2. The van der Waals surface area contributed by atoms with E-state index >= 15 is 0 Å². The third kappa shape index (κ3) is 3.40. The minimum atomic E-state index is -3.60. The average Bonchev–Trinajstić information content (AvgIpc) is 3.21. The molecule has 5 nitrogen and oxygen atoms in total. The molecule has 4 rings (SSSR count). The van der Waals surface area contributed by atoms with E-state index in [0.717, 1.165) is 21.5 Å². The molecule has 7 heteroatoms. The second-order valence-electron chi connectivity index (χ2n) is 5.62. The molecule has 130 valence electrons. The Bertz CT molecular complexity index is 1160. The van der Waals surface area contributed by atoms with Crippen molar-refractivity contribution in [3.63, 3.8) is 0 Å². The van der Waals surface area contributed by atoms with Crippen molar-refractivity contribution in [2.24, 2.45) is 0 Å². The first-order chi connectivity index (χ1) is 12.6. The molecule has 2 aromatic heterocycles. The Morgan fingerprint density at radius 2 is 1.65 bits per heavy atom. The molecule has 0 saturated heterocycles. The van der Waals surface area contributed by atoms with Crippen LogP contribution in [0.15, 0.2) is 71.6 Å². The molecule has 0 spiro atoms. The normalized spacial score (nSPS) is 12.0. The summed E-state index contributed by atoms with van der Waals surface area (Å²) >= 11 is 1.32. The van der Waals surface area contributed by atoms with Crippen molar-refractivity contribution < 1.29 is 8.42 Å². The van der Waals surface area contributed by atoms with Crippen LogP contribution in [0.25, 0.3) is 22.4 Å². The summed E-state index contributed by atoms with van der Waals surface area (Å²) in [5.41, 5.74) is 1.84. The molecule has 2 aromatic carbocycles. The highest BCUT2D eigenvalue weighted by Crippen LogP contribution is 2.32. The summed E-state index contributed by atoms with van der Waals surface area (Å²) < 4.78 is 27.5. The van der Waals surface area contributed by atoms with E-state index in [1.165, 1.54) is 11.3 Å². The van der Waals surface area contributed by atoms with Gasteiger partial charge in [0.2, 0.25) is 0 Å². The van der Waals surface area contributed by atoms with Gasteiger partial charge in [-0.3, -0.25) is 9.82 Å². The second kappa shape index (κ2) is 6.78. The quantitative estimate of drug-likeness (QED) is 0.531. The van der Waals surface area contributed by atoms with Gasteiger partial charge < -0.3 is 0 Å². The van der Waals surface area contributed by atoms with Crippen molar-refractivity contribution in [2.45, 2.75) is 4.90 Å². The summed E-state index contributed by atoms with van der Waals surface area (Å²) in [5, 5.41) is 8.67. The topological polar surface area (TPSA) is 74.8 Å². The van der Waals surface area contributed by atoms with E-state index in [1.807, 2.05) is 42.5 Å². The van der Waals surface area contributed by atoms with E-state index < -0.39 is 10.0 Å². The van der Waals surface area contributed by atoms with E-state index in [1.54, 1.807) is 36.4 Å². The largest absolute Gasteiger partial charge is 0.270 e. The highest BCUT2D eigenvalue weighted by Gasteiger charge is 2.16. The van der Waals surface area contributed by atoms with Gasteiger partial charge in [0.25, 0.3) is 10.0 Å². The van der Waals surface area contributed by atoms with Crippen molar-refractivity contribution in [3.8, 4) is 0 Å². The van der Waals surface area contributed by atoms with Crippen LogP contribution in [0.3, 0.4) is 0 Å². The van der Waals surface area contributed by atoms with Crippen LogP contribution in [0.4, 0.5) is 5.00 Å². The number of hydrogen-bond donors (Lipinski definition) is 2. The number of H-pyrrole nitrogens is 1. The van der Waals surface area contributed by atoms with Crippen LogP contribution in [-0.2, 0) is 10.0 Å². The molecule has 0 aliphatic carbocycles. The summed E-state index contributed by atoms with van der Waals surface area (Å²) in [6.45, 7) is 0. The van der Waals surface area contributed by atoms with Crippen molar-refractivity contribution in [3.05, 3.63) is 78.0 Å². The Morgan fingerprint density at radius 1 is 0.962 bits per heavy atom. The van der Waals surface area contributed by atoms with E-state index in [4.69, 9.17) is 0 Å². The summed E-state index contributed by atoms with van der Waals surface area (Å²) in [6.07, 6.45) is 3.89. The summed E-state index contributed by atoms with van der Waals surface area (Å²) in [7, 11) is -3.60. The fourth-order valence-corrected chi connectivity index (χ4v) is 4.76. The van der Waals surface area contributed by atoms with Gasteiger partial charge in [-0.05, 0) is 29.8 Å². The van der Waals surface area contributed by atoms with Gasteiger partial charge in [0.15, 0.2) is 0 Å². The molecule has 0 fully saturated rings. The van der Waals surface area contributed by atoms with Crippen molar-refractivity contribution >= 4 is 48.7 Å². The third-order valence-corrected chi connectivity index (χ3v) is 6.27. The van der Waals surface area contributed by atoms with Gasteiger partial charge in [0.05, 0.1) is 10.6 Å². The fourth-order valence-electron chi connectivity index (χ4n) is 2.54. The summed E-state index contributed by atoms with van der Waals surface area (Å²) in [5.74, 6) is 0. The van der Waals surface area contributed by atoms with Gasteiger partial charge >= 0.3 is 0 Å². The van der Waals surface area contributed by atoms with Crippen LogP contribution in [0, 0.1) is 0 Å². The Balaban J connectivity index is 1.61. The molecule has 0 amide bonds. The maximum absolute atomic E-state index is 12.5. The van der Waals surface area contributed by atoms with Crippen LogP contribution >= 0.6 is 11.3 Å². The SMILES string of the molecule is O=S(=O)(Nc1cc2c(C=Cc3ccccc3)n[nH]c2s1)c1ccccc1. The predicted molar refractivity (Wildman–Crippen MR) is 107 cm³/mol. The van der Waals surface area contributed by atoms with E-state index in [-0.39, 0.29) is 4.90 Å². The van der Waals surface area contributed by atoms with E-state index in [0.29, 0.717) is 5.00 Å². The van der Waals surface area contributed by atoms with E-state index in [9.17, 15) is 8.42 Å².